The van der Waals surface area contributed by atoms with E-state index in [2.05, 4.69) is 16.6 Å². The molecule has 0 aliphatic rings. The number of amides is 2. The Morgan fingerprint density at radius 1 is 1.47 bits per heavy atom. The number of aliphatic carboxylic acids is 1. The van der Waals surface area contributed by atoms with Gasteiger partial charge in [0, 0.05) is 17.3 Å². The zero-order valence-corrected chi connectivity index (χ0v) is 10.6. The topological polar surface area (TPSA) is 78.4 Å². The summed E-state index contributed by atoms with van der Waals surface area (Å²) >= 11 is 0. The maximum atomic E-state index is 11.7. The van der Waals surface area contributed by atoms with Gasteiger partial charge in [0.1, 0.15) is 0 Å². The number of urea groups is 1. The van der Waals surface area contributed by atoms with E-state index < -0.39 is 18.0 Å². The predicted octanol–water partition coefficient (Wildman–Crippen LogP) is 2.04. The second-order valence-corrected chi connectivity index (χ2v) is 4.03. The molecule has 0 aromatic heterocycles. The first-order chi connectivity index (χ1) is 9.05. The van der Waals surface area contributed by atoms with E-state index in [4.69, 9.17) is 11.5 Å². The van der Waals surface area contributed by atoms with Crippen molar-refractivity contribution in [1.29, 1.82) is 0 Å². The molecule has 0 radical (unpaired) electrons. The average molecular weight is 260 g/mol. The van der Waals surface area contributed by atoms with Gasteiger partial charge in [0.15, 0.2) is 0 Å². The lowest BCUT2D eigenvalue weighted by Gasteiger charge is -2.15. The molecule has 0 bridgehead atoms. The van der Waals surface area contributed by atoms with Gasteiger partial charge < -0.3 is 15.7 Å². The van der Waals surface area contributed by atoms with Gasteiger partial charge in [-0.2, -0.15) is 0 Å². The molecule has 0 aliphatic carbocycles. The summed E-state index contributed by atoms with van der Waals surface area (Å²) in [5.74, 6) is 1.53. The number of carboxylic acid groups (broad SMARTS) is 1. The monoisotopic (exact) mass is 260 g/mol. The highest BCUT2D eigenvalue weighted by atomic mass is 16.4. The molecule has 5 nitrogen and oxygen atoms in total. The van der Waals surface area contributed by atoms with Crippen LogP contribution in [0.15, 0.2) is 24.3 Å². The van der Waals surface area contributed by atoms with Crippen molar-refractivity contribution in [2.24, 2.45) is 0 Å². The van der Waals surface area contributed by atoms with Crippen LogP contribution in [0.5, 0.6) is 0 Å². The van der Waals surface area contributed by atoms with Gasteiger partial charge in [-0.3, -0.25) is 4.79 Å². The molecule has 1 aromatic carbocycles. The standard InChI is InChI=1S/C14H16N2O3/c1-3-10-6-5-7-12(8-10)16-14(19)15-11(4-2)9-13(17)18/h1,5-8,11H,4,9H2,2H3,(H,17,18)(H2,15,16,19). The highest BCUT2D eigenvalue weighted by Crippen LogP contribution is 2.09. The number of hydrogen-bond acceptors (Lipinski definition) is 2. The highest BCUT2D eigenvalue weighted by molar-refractivity contribution is 5.89. The maximum Gasteiger partial charge on any atom is 0.319 e. The van der Waals surface area contributed by atoms with Gasteiger partial charge in [0.25, 0.3) is 0 Å². The molecule has 0 saturated heterocycles. The molecule has 2 amide bonds. The van der Waals surface area contributed by atoms with Crippen LogP contribution in [0.4, 0.5) is 10.5 Å². The molecular formula is C14H16N2O3. The molecule has 3 N–H and O–H groups in total. The number of carbonyl (C=O) groups is 2. The number of anilines is 1. The van der Waals surface area contributed by atoms with Gasteiger partial charge in [-0.15, -0.1) is 6.42 Å². The fourth-order valence-electron chi connectivity index (χ4n) is 1.55. The van der Waals surface area contributed by atoms with Gasteiger partial charge in [0.05, 0.1) is 6.42 Å². The summed E-state index contributed by atoms with van der Waals surface area (Å²) in [6.07, 6.45) is 5.71. The Kier molecular flexibility index (Phi) is 5.42. The smallest absolute Gasteiger partial charge is 0.319 e. The van der Waals surface area contributed by atoms with E-state index in [1.54, 1.807) is 24.3 Å². The number of nitrogens with one attached hydrogen (secondary N) is 2. The van der Waals surface area contributed by atoms with Crippen LogP contribution < -0.4 is 10.6 Å². The molecule has 1 aromatic rings. The summed E-state index contributed by atoms with van der Waals surface area (Å²) in [7, 11) is 0. The van der Waals surface area contributed by atoms with E-state index in [0.717, 1.165) is 0 Å². The van der Waals surface area contributed by atoms with Crippen molar-refractivity contribution >= 4 is 17.7 Å². The summed E-state index contributed by atoms with van der Waals surface area (Å²) in [4.78, 5) is 22.3. The number of benzene rings is 1. The Bertz CT molecular complexity index is 506. The first-order valence-electron chi connectivity index (χ1n) is 5.91. The molecule has 0 aliphatic heterocycles. The SMILES string of the molecule is C#Cc1cccc(NC(=O)NC(CC)CC(=O)O)c1. The third-order valence-corrected chi connectivity index (χ3v) is 2.54. The molecular weight excluding hydrogens is 244 g/mol. The van der Waals surface area contributed by atoms with E-state index in [1.807, 2.05) is 6.92 Å². The lowest BCUT2D eigenvalue weighted by molar-refractivity contribution is -0.137. The van der Waals surface area contributed by atoms with Crippen LogP contribution in [0.1, 0.15) is 25.3 Å². The Hall–Kier alpha value is -2.48. The minimum atomic E-state index is -0.943. The average Bonchev–Trinajstić information content (AvgIpc) is 2.37. The molecule has 0 saturated carbocycles. The minimum absolute atomic E-state index is 0.103. The number of rotatable bonds is 5. The highest BCUT2D eigenvalue weighted by Gasteiger charge is 2.13. The molecule has 0 fully saturated rings. The zero-order chi connectivity index (χ0) is 14.3. The lowest BCUT2D eigenvalue weighted by atomic mass is 10.1. The van der Waals surface area contributed by atoms with E-state index >= 15 is 0 Å². The van der Waals surface area contributed by atoms with Crippen LogP contribution in [-0.4, -0.2) is 23.1 Å². The first kappa shape index (κ1) is 14.6. The summed E-state index contributed by atoms with van der Waals surface area (Å²) in [5, 5.41) is 13.9. The Labute approximate surface area is 112 Å². The van der Waals surface area contributed by atoms with Gasteiger partial charge >= 0.3 is 12.0 Å². The van der Waals surface area contributed by atoms with E-state index in [-0.39, 0.29) is 6.42 Å². The lowest BCUT2D eigenvalue weighted by Crippen LogP contribution is -2.38. The molecule has 19 heavy (non-hydrogen) atoms. The van der Waals surface area contributed by atoms with Gasteiger partial charge in [-0.25, -0.2) is 4.79 Å². The third-order valence-electron chi connectivity index (χ3n) is 2.54. The molecule has 0 spiro atoms. The zero-order valence-electron chi connectivity index (χ0n) is 10.6. The van der Waals surface area contributed by atoms with Crippen molar-refractivity contribution < 1.29 is 14.7 Å². The Morgan fingerprint density at radius 2 is 2.21 bits per heavy atom. The van der Waals surface area contributed by atoms with Crippen molar-refractivity contribution in [3.63, 3.8) is 0 Å². The van der Waals surface area contributed by atoms with Crippen LogP contribution in [0.3, 0.4) is 0 Å². The minimum Gasteiger partial charge on any atom is -0.481 e. The molecule has 1 unspecified atom stereocenters. The Morgan fingerprint density at radius 3 is 2.79 bits per heavy atom. The largest absolute Gasteiger partial charge is 0.481 e. The predicted molar refractivity (Wildman–Crippen MR) is 72.9 cm³/mol. The van der Waals surface area contributed by atoms with Gasteiger partial charge in [-0.05, 0) is 24.6 Å². The second kappa shape index (κ2) is 7.07. The first-order valence-corrected chi connectivity index (χ1v) is 5.91. The van der Waals surface area contributed by atoms with Crippen molar-refractivity contribution in [2.45, 2.75) is 25.8 Å². The van der Waals surface area contributed by atoms with Crippen molar-refractivity contribution in [1.82, 2.24) is 5.32 Å². The second-order valence-electron chi connectivity index (χ2n) is 4.03. The molecule has 1 atom stereocenters. The quantitative estimate of drug-likeness (QED) is 0.709. The summed E-state index contributed by atoms with van der Waals surface area (Å²) in [6.45, 7) is 1.81. The number of terminal acetylenes is 1. The van der Waals surface area contributed by atoms with Crippen LogP contribution in [-0.2, 0) is 4.79 Å². The van der Waals surface area contributed by atoms with Gasteiger partial charge in [0.2, 0.25) is 0 Å². The normalized spacial score (nSPS) is 11.2. The van der Waals surface area contributed by atoms with Crippen LogP contribution >= 0.6 is 0 Å². The maximum absolute atomic E-state index is 11.7. The van der Waals surface area contributed by atoms with Crippen molar-refractivity contribution in [3.05, 3.63) is 29.8 Å². The van der Waals surface area contributed by atoms with Crippen molar-refractivity contribution in [3.8, 4) is 12.3 Å². The van der Waals surface area contributed by atoms with E-state index in [0.29, 0.717) is 17.7 Å². The van der Waals surface area contributed by atoms with E-state index in [1.165, 1.54) is 0 Å². The Balaban J connectivity index is 2.59. The number of carbonyl (C=O) groups excluding carboxylic acids is 1. The number of hydrogen-bond donors (Lipinski definition) is 3. The van der Waals surface area contributed by atoms with Crippen LogP contribution in [0.2, 0.25) is 0 Å². The summed E-state index contributed by atoms with van der Waals surface area (Å²) < 4.78 is 0. The van der Waals surface area contributed by atoms with E-state index in [9.17, 15) is 9.59 Å². The molecule has 100 valence electrons. The fraction of sp³-hybridized carbons (Fsp3) is 0.286. The number of carboxylic acids is 1. The molecule has 0 heterocycles. The summed E-state index contributed by atoms with van der Waals surface area (Å²) in [5.41, 5.74) is 1.23. The van der Waals surface area contributed by atoms with Crippen LogP contribution in [0, 0.1) is 12.3 Å². The molecule has 1 rings (SSSR count). The summed E-state index contributed by atoms with van der Waals surface area (Å²) in [6, 6.07) is 6.02. The fourth-order valence-corrected chi connectivity index (χ4v) is 1.55. The van der Waals surface area contributed by atoms with Crippen molar-refractivity contribution in [2.75, 3.05) is 5.32 Å². The third kappa shape index (κ3) is 5.13. The van der Waals surface area contributed by atoms with Crippen LogP contribution in [0.25, 0.3) is 0 Å². The molecule has 5 heteroatoms. The van der Waals surface area contributed by atoms with Gasteiger partial charge in [-0.1, -0.05) is 18.9 Å².